The number of rotatable bonds is 5. The second kappa shape index (κ2) is 5.98. The monoisotopic (exact) mass is 364 g/mol. The van der Waals surface area contributed by atoms with Crippen LogP contribution in [0.25, 0.3) is 0 Å². The van der Waals surface area contributed by atoms with Crippen LogP contribution in [0, 0.1) is 19.6 Å². The highest BCUT2D eigenvalue weighted by molar-refractivity contribution is 14.1. The molecule has 0 aliphatic heterocycles. The van der Waals surface area contributed by atoms with Crippen LogP contribution in [-0.4, -0.2) is 22.0 Å². The number of aliphatic carboxylic acids is 1. The highest BCUT2D eigenvalue weighted by Crippen LogP contribution is 2.27. The molecule has 2 N–H and O–H groups in total. The number of nitro groups is 1. The van der Waals surface area contributed by atoms with Gasteiger partial charge in [-0.15, -0.1) is 0 Å². The average molecular weight is 364 g/mol. The van der Waals surface area contributed by atoms with Gasteiger partial charge in [-0.2, -0.15) is 0 Å². The number of benzene rings is 1. The molecule has 0 saturated heterocycles. The lowest BCUT2D eigenvalue weighted by molar-refractivity contribution is -0.384. The molecule has 18 heavy (non-hydrogen) atoms. The van der Waals surface area contributed by atoms with Gasteiger partial charge in [0.1, 0.15) is 11.7 Å². The fraction of sp³-hybridized carbons (Fsp3) is 0.364. The molecule has 0 aromatic heterocycles. The molecule has 0 aliphatic carbocycles. The minimum atomic E-state index is -1.03. The lowest BCUT2D eigenvalue weighted by Crippen LogP contribution is -2.34. The fourth-order valence-electron chi connectivity index (χ4n) is 1.46. The van der Waals surface area contributed by atoms with Crippen LogP contribution in [0.3, 0.4) is 0 Å². The highest BCUT2D eigenvalue weighted by Gasteiger charge is 2.24. The number of nitro benzene ring substituents is 1. The summed E-state index contributed by atoms with van der Waals surface area (Å²) in [6, 6.07) is 3.76. The van der Waals surface area contributed by atoms with Gasteiger partial charge in [0.2, 0.25) is 0 Å². The topological polar surface area (TPSA) is 92.5 Å². The summed E-state index contributed by atoms with van der Waals surface area (Å²) >= 11 is 1.97. The lowest BCUT2D eigenvalue weighted by Gasteiger charge is -2.19. The van der Waals surface area contributed by atoms with E-state index in [9.17, 15) is 14.9 Å². The first-order chi connectivity index (χ1) is 8.32. The zero-order valence-electron chi connectivity index (χ0n) is 9.88. The van der Waals surface area contributed by atoms with Crippen molar-refractivity contribution in [3.05, 3.63) is 31.9 Å². The Morgan fingerprint density at radius 3 is 2.56 bits per heavy atom. The number of anilines is 1. The summed E-state index contributed by atoms with van der Waals surface area (Å²) in [6.45, 7) is 3.48. The number of halogens is 1. The van der Waals surface area contributed by atoms with Crippen molar-refractivity contribution in [2.75, 3.05) is 5.32 Å². The second-order valence-electron chi connectivity index (χ2n) is 4.12. The van der Waals surface area contributed by atoms with E-state index in [1.165, 1.54) is 12.1 Å². The first kappa shape index (κ1) is 14.7. The number of carboxylic acid groups (broad SMARTS) is 1. The van der Waals surface area contributed by atoms with Crippen LogP contribution >= 0.6 is 22.6 Å². The van der Waals surface area contributed by atoms with Crippen LogP contribution < -0.4 is 5.32 Å². The van der Waals surface area contributed by atoms with Crippen LogP contribution in [0.5, 0.6) is 0 Å². The zero-order chi connectivity index (χ0) is 13.9. The van der Waals surface area contributed by atoms with E-state index in [4.69, 9.17) is 5.11 Å². The average Bonchev–Trinajstić information content (AvgIpc) is 2.25. The van der Waals surface area contributed by atoms with E-state index in [1.807, 2.05) is 22.6 Å². The van der Waals surface area contributed by atoms with Crippen molar-refractivity contribution in [1.82, 2.24) is 0 Å². The van der Waals surface area contributed by atoms with Crippen molar-refractivity contribution in [2.24, 2.45) is 5.92 Å². The Morgan fingerprint density at radius 1 is 1.50 bits per heavy atom. The second-order valence-corrected chi connectivity index (χ2v) is 5.37. The Balaban J connectivity index is 3.10. The van der Waals surface area contributed by atoms with Gasteiger partial charge in [0.15, 0.2) is 0 Å². The van der Waals surface area contributed by atoms with Crippen molar-refractivity contribution >= 4 is 39.9 Å². The lowest BCUT2D eigenvalue weighted by atomic mass is 10.0. The molecule has 0 spiro atoms. The van der Waals surface area contributed by atoms with Gasteiger partial charge < -0.3 is 10.4 Å². The Hall–Kier alpha value is -1.38. The molecule has 1 rings (SSSR count). The number of hydrogen-bond acceptors (Lipinski definition) is 4. The van der Waals surface area contributed by atoms with Gasteiger partial charge in [-0.25, -0.2) is 4.79 Å². The van der Waals surface area contributed by atoms with Gasteiger partial charge in [-0.1, -0.05) is 13.8 Å². The fourth-order valence-corrected chi connectivity index (χ4v) is 1.93. The number of nitrogens with one attached hydrogen (secondary N) is 1. The number of carbonyl (C=O) groups is 1. The molecular formula is C11H13IN2O4. The quantitative estimate of drug-likeness (QED) is 0.476. The smallest absolute Gasteiger partial charge is 0.326 e. The predicted molar refractivity (Wildman–Crippen MR) is 75.7 cm³/mol. The number of carboxylic acids is 1. The first-order valence-corrected chi connectivity index (χ1v) is 6.34. The van der Waals surface area contributed by atoms with Crippen LogP contribution in [0.2, 0.25) is 0 Å². The molecule has 0 bridgehead atoms. The highest BCUT2D eigenvalue weighted by atomic mass is 127. The summed E-state index contributed by atoms with van der Waals surface area (Å²) in [5.41, 5.74) is 0.107. The molecule has 6 nitrogen and oxygen atoms in total. The minimum Gasteiger partial charge on any atom is -0.480 e. The summed E-state index contributed by atoms with van der Waals surface area (Å²) in [7, 11) is 0. The standard InChI is InChI=1S/C11H13IN2O4/c1-6(2)10(11(15)16)13-8-4-3-7(12)5-9(8)14(17)18/h3-6,10,13H,1-2H3,(H,15,16). The molecule has 1 aromatic carbocycles. The maximum absolute atomic E-state index is 11.1. The van der Waals surface area contributed by atoms with E-state index < -0.39 is 16.9 Å². The molecule has 1 atom stereocenters. The molecular weight excluding hydrogens is 351 g/mol. The molecule has 0 saturated carbocycles. The largest absolute Gasteiger partial charge is 0.480 e. The van der Waals surface area contributed by atoms with Crippen molar-refractivity contribution in [1.29, 1.82) is 0 Å². The van der Waals surface area contributed by atoms with E-state index in [0.717, 1.165) is 3.57 Å². The van der Waals surface area contributed by atoms with Gasteiger partial charge >= 0.3 is 5.97 Å². The van der Waals surface area contributed by atoms with Crippen LogP contribution in [0.15, 0.2) is 18.2 Å². The minimum absolute atomic E-state index is 0.117. The molecule has 0 radical (unpaired) electrons. The van der Waals surface area contributed by atoms with Crippen molar-refractivity contribution in [3.8, 4) is 0 Å². The van der Waals surface area contributed by atoms with Crippen molar-refractivity contribution < 1.29 is 14.8 Å². The van der Waals surface area contributed by atoms with Crippen molar-refractivity contribution in [2.45, 2.75) is 19.9 Å². The van der Waals surface area contributed by atoms with Crippen LogP contribution in [0.4, 0.5) is 11.4 Å². The van der Waals surface area contributed by atoms with E-state index in [0.29, 0.717) is 0 Å². The Kier molecular flexibility index (Phi) is 4.88. The molecule has 1 unspecified atom stereocenters. The molecule has 1 aromatic rings. The maximum atomic E-state index is 11.1. The Bertz CT molecular complexity index is 476. The van der Waals surface area contributed by atoms with E-state index in [-0.39, 0.29) is 17.3 Å². The molecule has 0 heterocycles. The Labute approximate surface area is 118 Å². The van der Waals surface area contributed by atoms with E-state index >= 15 is 0 Å². The molecule has 0 amide bonds. The summed E-state index contributed by atoms with van der Waals surface area (Å²) in [5, 5.41) is 22.7. The predicted octanol–water partition coefficient (Wildman–Crippen LogP) is 2.72. The third-order valence-electron chi connectivity index (χ3n) is 2.40. The van der Waals surface area contributed by atoms with E-state index in [1.54, 1.807) is 19.9 Å². The molecule has 7 heteroatoms. The van der Waals surface area contributed by atoms with Crippen LogP contribution in [-0.2, 0) is 4.79 Å². The Morgan fingerprint density at radius 2 is 2.11 bits per heavy atom. The number of nitrogens with zero attached hydrogens (tertiary/aromatic N) is 1. The van der Waals surface area contributed by atoms with E-state index in [2.05, 4.69) is 5.32 Å². The molecule has 0 fully saturated rings. The van der Waals surface area contributed by atoms with Gasteiger partial charge in [-0.05, 0) is 40.6 Å². The van der Waals surface area contributed by atoms with Gasteiger partial charge in [0.25, 0.3) is 5.69 Å². The summed E-state index contributed by atoms with van der Waals surface area (Å²) in [5.74, 6) is -1.21. The van der Waals surface area contributed by atoms with Gasteiger partial charge in [0.05, 0.1) is 4.92 Å². The summed E-state index contributed by atoms with van der Waals surface area (Å²) in [4.78, 5) is 21.4. The third-order valence-corrected chi connectivity index (χ3v) is 3.07. The van der Waals surface area contributed by atoms with Crippen molar-refractivity contribution in [3.63, 3.8) is 0 Å². The first-order valence-electron chi connectivity index (χ1n) is 5.26. The molecule has 98 valence electrons. The normalized spacial score (nSPS) is 12.2. The van der Waals surface area contributed by atoms with Gasteiger partial charge in [-0.3, -0.25) is 10.1 Å². The van der Waals surface area contributed by atoms with Gasteiger partial charge in [0, 0.05) is 9.64 Å². The summed E-state index contributed by atoms with van der Waals surface area (Å²) in [6.07, 6.45) is 0. The summed E-state index contributed by atoms with van der Waals surface area (Å²) < 4.78 is 0.723. The SMILES string of the molecule is CC(C)C(Nc1ccc(I)cc1[N+](=O)[O-])C(=O)O. The maximum Gasteiger partial charge on any atom is 0.326 e. The van der Waals surface area contributed by atoms with Crippen LogP contribution in [0.1, 0.15) is 13.8 Å². The third kappa shape index (κ3) is 3.56. The zero-order valence-corrected chi connectivity index (χ0v) is 12.0. The number of hydrogen-bond donors (Lipinski definition) is 2. The molecule has 0 aliphatic rings.